The molecule has 1 fully saturated rings. The Bertz CT molecular complexity index is 1170. The van der Waals surface area contributed by atoms with Crippen molar-refractivity contribution in [2.24, 2.45) is 0 Å². The van der Waals surface area contributed by atoms with Gasteiger partial charge in [-0.05, 0) is 60.5 Å². The van der Waals surface area contributed by atoms with E-state index in [-0.39, 0.29) is 17.6 Å². The molecule has 1 aliphatic rings. The molecule has 0 unspecified atom stereocenters. The minimum atomic E-state index is -0.346. The highest BCUT2D eigenvalue weighted by molar-refractivity contribution is 5.94. The van der Waals surface area contributed by atoms with E-state index in [0.717, 1.165) is 29.0 Å². The summed E-state index contributed by atoms with van der Waals surface area (Å²) in [6, 6.07) is 13.5. The second kappa shape index (κ2) is 7.09. The second-order valence-corrected chi connectivity index (χ2v) is 7.17. The van der Waals surface area contributed by atoms with Crippen LogP contribution in [0.25, 0.3) is 16.8 Å². The van der Waals surface area contributed by atoms with E-state index in [1.165, 1.54) is 24.3 Å². The van der Waals surface area contributed by atoms with E-state index in [4.69, 9.17) is 0 Å². The highest BCUT2D eigenvalue weighted by atomic mass is 19.1. The van der Waals surface area contributed by atoms with Crippen LogP contribution in [0.15, 0.2) is 67.1 Å². The van der Waals surface area contributed by atoms with Gasteiger partial charge in [-0.15, -0.1) is 0 Å². The maximum atomic E-state index is 13.1. The molecule has 1 aromatic carbocycles. The van der Waals surface area contributed by atoms with Crippen LogP contribution in [-0.4, -0.2) is 43.5 Å². The van der Waals surface area contributed by atoms with Gasteiger partial charge in [0.15, 0.2) is 11.5 Å². The third kappa shape index (κ3) is 3.35. The largest absolute Gasteiger partial charge is 0.338 e. The molecule has 0 spiro atoms. The van der Waals surface area contributed by atoms with Gasteiger partial charge < -0.3 is 4.90 Å². The number of hydrogen-bond acceptors (Lipinski definition) is 4. The first-order chi connectivity index (χ1) is 14.2. The van der Waals surface area contributed by atoms with E-state index in [1.54, 1.807) is 21.8 Å². The van der Waals surface area contributed by atoms with Gasteiger partial charge in [0.05, 0.1) is 0 Å². The monoisotopic (exact) mass is 387 g/mol. The summed E-state index contributed by atoms with van der Waals surface area (Å²) < 4.78 is 14.9. The maximum absolute atomic E-state index is 13.1. The van der Waals surface area contributed by atoms with Gasteiger partial charge >= 0.3 is 0 Å². The fraction of sp³-hybridized carbons (Fsp3) is 0.182. The van der Waals surface area contributed by atoms with Crippen molar-refractivity contribution >= 4 is 11.6 Å². The van der Waals surface area contributed by atoms with Crippen molar-refractivity contribution in [3.63, 3.8) is 0 Å². The minimum absolute atomic E-state index is 0.0867. The van der Waals surface area contributed by atoms with E-state index >= 15 is 0 Å². The summed E-state index contributed by atoms with van der Waals surface area (Å²) >= 11 is 0. The van der Waals surface area contributed by atoms with Crippen molar-refractivity contribution in [1.82, 2.24) is 24.5 Å². The fourth-order valence-corrected chi connectivity index (χ4v) is 3.72. The Morgan fingerprint density at radius 3 is 2.59 bits per heavy atom. The number of amides is 1. The molecule has 1 aliphatic heterocycles. The molecule has 1 atom stereocenters. The number of benzene rings is 1. The van der Waals surface area contributed by atoms with E-state index in [9.17, 15) is 9.18 Å². The molecule has 144 valence electrons. The van der Waals surface area contributed by atoms with Crippen LogP contribution in [-0.2, 0) is 0 Å². The molecule has 7 heteroatoms. The molecule has 4 heterocycles. The lowest BCUT2D eigenvalue weighted by Crippen LogP contribution is -2.28. The number of rotatable bonds is 3. The average Bonchev–Trinajstić information content (AvgIpc) is 3.41. The van der Waals surface area contributed by atoms with Gasteiger partial charge in [-0.1, -0.05) is 0 Å². The van der Waals surface area contributed by atoms with E-state index < -0.39 is 0 Å². The average molecular weight is 387 g/mol. The number of pyridine rings is 2. The lowest BCUT2D eigenvalue weighted by Gasteiger charge is -2.15. The number of nitrogens with zero attached hydrogens (tertiary/aromatic N) is 5. The van der Waals surface area contributed by atoms with Crippen LogP contribution in [0.2, 0.25) is 0 Å². The van der Waals surface area contributed by atoms with Crippen LogP contribution in [0.4, 0.5) is 4.39 Å². The Kier molecular flexibility index (Phi) is 4.27. The van der Waals surface area contributed by atoms with Crippen LogP contribution < -0.4 is 0 Å². The van der Waals surface area contributed by atoms with Gasteiger partial charge in [-0.2, -0.15) is 5.10 Å². The third-order valence-electron chi connectivity index (χ3n) is 5.29. The van der Waals surface area contributed by atoms with Gasteiger partial charge in [0.1, 0.15) is 5.82 Å². The first kappa shape index (κ1) is 17.5. The molecule has 3 aromatic heterocycles. The van der Waals surface area contributed by atoms with Gasteiger partial charge in [-0.25, -0.2) is 13.9 Å². The lowest BCUT2D eigenvalue weighted by atomic mass is 10.1. The zero-order valence-corrected chi connectivity index (χ0v) is 15.6. The summed E-state index contributed by atoms with van der Waals surface area (Å²) in [6.45, 7) is 1.20. The smallest absolute Gasteiger partial charge is 0.253 e. The summed E-state index contributed by atoms with van der Waals surface area (Å²) in [5.41, 5.74) is 3.38. The van der Waals surface area contributed by atoms with Crippen molar-refractivity contribution in [2.45, 2.75) is 12.3 Å². The molecule has 0 saturated carbocycles. The Morgan fingerprint density at radius 2 is 1.79 bits per heavy atom. The lowest BCUT2D eigenvalue weighted by molar-refractivity contribution is 0.0790. The number of halogens is 1. The molecular formula is C22H18FN5O. The SMILES string of the molecule is O=C(c1ccc(F)cc1)N1CC[C@H](c2nc3ccc(-c4ccncc4)cn3n2)C1. The van der Waals surface area contributed by atoms with E-state index in [2.05, 4.69) is 15.1 Å². The number of likely N-dealkylation sites (tertiary alicyclic amines) is 1. The van der Waals surface area contributed by atoms with Gasteiger partial charge in [0, 0.05) is 48.7 Å². The molecule has 4 aromatic rings. The molecule has 0 aliphatic carbocycles. The summed E-state index contributed by atoms with van der Waals surface area (Å²) in [7, 11) is 0. The highest BCUT2D eigenvalue weighted by Crippen LogP contribution is 2.27. The van der Waals surface area contributed by atoms with Crippen LogP contribution in [0, 0.1) is 5.82 Å². The maximum Gasteiger partial charge on any atom is 0.253 e. The second-order valence-electron chi connectivity index (χ2n) is 7.17. The number of aromatic nitrogens is 4. The van der Waals surface area contributed by atoms with Crippen LogP contribution in [0.1, 0.15) is 28.5 Å². The predicted octanol–water partition coefficient (Wildman–Crippen LogP) is 3.56. The first-order valence-electron chi connectivity index (χ1n) is 9.49. The number of carbonyl (C=O) groups is 1. The molecule has 29 heavy (non-hydrogen) atoms. The quantitative estimate of drug-likeness (QED) is 0.539. The zero-order valence-electron chi connectivity index (χ0n) is 15.6. The normalized spacial score (nSPS) is 16.4. The van der Waals surface area contributed by atoms with Gasteiger partial charge in [0.2, 0.25) is 0 Å². The summed E-state index contributed by atoms with van der Waals surface area (Å²) in [4.78, 5) is 23.2. The standard InChI is InChI=1S/C22H18FN5O/c23-19-4-1-16(2-5-19)22(29)27-12-9-18(13-27)21-25-20-6-3-17(14-28(20)26-21)15-7-10-24-11-8-15/h1-8,10-11,14,18H,9,12-13H2/t18-/m0/s1. The molecule has 0 bridgehead atoms. The Balaban J connectivity index is 1.36. The Hall–Kier alpha value is -3.61. The summed E-state index contributed by atoms with van der Waals surface area (Å²) in [6.07, 6.45) is 6.29. The van der Waals surface area contributed by atoms with Crippen molar-refractivity contribution in [2.75, 3.05) is 13.1 Å². The minimum Gasteiger partial charge on any atom is -0.338 e. The number of carbonyl (C=O) groups excluding carboxylic acids is 1. The molecule has 6 nitrogen and oxygen atoms in total. The van der Waals surface area contributed by atoms with E-state index in [0.29, 0.717) is 18.7 Å². The van der Waals surface area contributed by atoms with E-state index in [1.807, 2.05) is 30.5 Å². The molecule has 0 N–H and O–H groups in total. The molecule has 1 amide bonds. The predicted molar refractivity (Wildman–Crippen MR) is 106 cm³/mol. The highest BCUT2D eigenvalue weighted by Gasteiger charge is 2.30. The van der Waals surface area contributed by atoms with Gasteiger partial charge in [0.25, 0.3) is 5.91 Å². The molecular weight excluding hydrogens is 369 g/mol. The van der Waals surface area contributed by atoms with Crippen LogP contribution in [0.3, 0.4) is 0 Å². The Morgan fingerprint density at radius 1 is 1.00 bits per heavy atom. The van der Waals surface area contributed by atoms with Crippen molar-refractivity contribution in [3.8, 4) is 11.1 Å². The van der Waals surface area contributed by atoms with Crippen molar-refractivity contribution in [3.05, 3.63) is 84.3 Å². The molecule has 1 saturated heterocycles. The summed E-state index contributed by atoms with van der Waals surface area (Å²) in [5, 5.41) is 4.66. The Labute approximate surface area is 166 Å². The topological polar surface area (TPSA) is 63.4 Å². The van der Waals surface area contributed by atoms with Crippen molar-refractivity contribution < 1.29 is 9.18 Å². The number of hydrogen-bond donors (Lipinski definition) is 0. The number of fused-ring (bicyclic) bond motifs is 1. The summed E-state index contributed by atoms with van der Waals surface area (Å²) in [5.74, 6) is 0.395. The molecule has 5 rings (SSSR count). The van der Waals surface area contributed by atoms with Crippen LogP contribution >= 0.6 is 0 Å². The van der Waals surface area contributed by atoms with Gasteiger partial charge in [-0.3, -0.25) is 9.78 Å². The van der Waals surface area contributed by atoms with Crippen LogP contribution in [0.5, 0.6) is 0 Å². The first-order valence-corrected chi connectivity index (χ1v) is 9.49. The third-order valence-corrected chi connectivity index (χ3v) is 5.29. The zero-order chi connectivity index (χ0) is 19.8. The molecule has 0 radical (unpaired) electrons. The fourth-order valence-electron chi connectivity index (χ4n) is 3.72. The van der Waals surface area contributed by atoms with Crippen molar-refractivity contribution in [1.29, 1.82) is 0 Å².